The molecule has 1 N–H and O–H groups in total. The SMILES string of the molecule is CC(C)(C)N1CCN(/C=C/C(=O)O)CC1. The molecule has 0 bridgehead atoms. The minimum Gasteiger partial charge on any atom is -0.478 e. The van der Waals surface area contributed by atoms with E-state index < -0.39 is 5.97 Å². The van der Waals surface area contributed by atoms with E-state index in [9.17, 15) is 4.79 Å². The monoisotopic (exact) mass is 212 g/mol. The summed E-state index contributed by atoms with van der Waals surface area (Å²) in [6.45, 7) is 10.4. The molecular formula is C11H20N2O2. The van der Waals surface area contributed by atoms with E-state index in [2.05, 4.69) is 30.6 Å². The summed E-state index contributed by atoms with van der Waals surface area (Å²) in [5.74, 6) is -0.881. The molecule has 0 atom stereocenters. The van der Waals surface area contributed by atoms with E-state index in [0.29, 0.717) is 0 Å². The van der Waals surface area contributed by atoms with Gasteiger partial charge in [0.2, 0.25) is 0 Å². The van der Waals surface area contributed by atoms with E-state index in [4.69, 9.17) is 5.11 Å². The summed E-state index contributed by atoms with van der Waals surface area (Å²) >= 11 is 0. The lowest BCUT2D eigenvalue weighted by Gasteiger charge is -2.41. The lowest BCUT2D eigenvalue weighted by atomic mass is 10.1. The first-order valence-electron chi connectivity index (χ1n) is 5.30. The maximum atomic E-state index is 10.3. The first kappa shape index (κ1) is 12.0. The fraction of sp³-hybridized carbons (Fsp3) is 0.727. The van der Waals surface area contributed by atoms with Gasteiger partial charge in [-0.3, -0.25) is 4.90 Å². The van der Waals surface area contributed by atoms with Gasteiger partial charge in [-0.05, 0) is 20.8 Å². The van der Waals surface area contributed by atoms with Gasteiger partial charge in [0.05, 0.1) is 0 Å². The van der Waals surface area contributed by atoms with Crippen LogP contribution in [-0.2, 0) is 4.79 Å². The van der Waals surface area contributed by atoms with Crippen LogP contribution in [0.1, 0.15) is 20.8 Å². The average molecular weight is 212 g/mol. The summed E-state index contributed by atoms with van der Waals surface area (Å²) in [6, 6.07) is 0. The zero-order chi connectivity index (χ0) is 11.5. The Morgan fingerprint density at radius 2 is 1.73 bits per heavy atom. The molecule has 1 saturated heterocycles. The molecule has 0 amide bonds. The number of carbonyl (C=O) groups is 1. The van der Waals surface area contributed by atoms with E-state index in [1.165, 1.54) is 6.08 Å². The molecule has 0 radical (unpaired) electrons. The molecule has 4 heteroatoms. The largest absolute Gasteiger partial charge is 0.478 e. The Hall–Kier alpha value is -1.03. The highest BCUT2D eigenvalue weighted by Crippen LogP contribution is 2.15. The van der Waals surface area contributed by atoms with Gasteiger partial charge in [-0.15, -0.1) is 0 Å². The van der Waals surface area contributed by atoms with E-state index in [1.807, 2.05) is 0 Å². The molecule has 0 aromatic rings. The normalized spacial score (nSPS) is 19.8. The molecule has 1 fully saturated rings. The standard InChI is InChI=1S/C11H20N2O2/c1-11(2,3)13-8-6-12(7-9-13)5-4-10(14)15/h4-5H,6-9H2,1-3H3,(H,14,15)/b5-4+. The van der Waals surface area contributed by atoms with Crippen LogP contribution in [-0.4, -0.2) is 52.6 Å². The number of nitrogens with zero attached hydrogens (tertiary/aromatic N) is 2. The quantitative estimate of drug-likeness (QED) is 0.694. The summed E-state index contributed by atoms with van der Waals surface area (Å²) in [7, 11) is 0. The van der Waals surface area contributed by atoms with Gasteiger partial charge in [-0.1, -0.05) is 0 Å². The molecule has 0 unspecified atom stereocenters. The van der Waals surface area contributed by atoms with Crippen molar-refractivity contribution >= 4 is 5.97 Å². The predicted molar refractivity (Wildman–Crippen MR) is 59.7 cm³/mol. The van der Waals surface area contributed by atoms with E-state index >= 15 is 0 Å². The second kappa shape index (κ2) is 4.66. The minimum absolute atomic E-state index is 0.211. The molecule has 4 nitrogen and oxygen atoms in total. The van der Waals surface area contributed by atoms with Crippen molar-refractivity contribution in [2.45, 2.75) is 26.3 Å². The van der Waals surface area contributed by atoms with Gasteiger partial charge in [0.25, 0.3) is 0 Å². The van der Waals surface area contributed by atoms with Crippen LogP contribution >= 0.6 is 0 Å². The van der Waals surface area contributed by atoms with Crippen LogP contribution in [0, 0.1) is 0 Å². The van der Waals surface area contributed by atoms with Crippen LogP contribution in [0.15, 0.2) is 12.3 Å². The Morgan fingerprint density at radius 3 is 2.13 bits per heavy atom. The number of rotatable bonds is 2. The number of carboxylic acids is 1. The second-order valence-corrected chi connectivity index (χ2v) is 4.85. The van der Waals surface area contributed by atoms with Crippen LogP contribution in [0.3, 0.4) is 0 Å². The van der Waals surface area contributed by atoms with Crippen LogP contribution in [0.25, 0.3) is 0 Å². The summed E-state index contributed by atoms with van der Waals surface area (Å²) in [5.41, 5.74) is 0.211. The van der Waals surface area contributed by atoms with Gasteiger partial charge in [-0.25, -0.2) is 4.79 Å². The Morgan fingerprint density at radius 1 is 1.20 bits per heavy atom. The molecule has 0 aromatic heterocycles. The van der Waals surface area contributed by atoms with Gasteiger partial charge in [0, 0.05) is 44.0 Å². The van der Waals surface area contributed by atoms with Crippen molar-refractivity contribution in [1.29, 1.82) is 0 Å². The number of hydrogen-bond acceptors (Lipinski definition) is 3. The van der Waals surface area contributed by atoms with Crippen LogP contribution in [0.4, 0.5) is 0 Å². The van der Waals surface area contributed by atoms with Crippen LogP contribution < -0.4 is 0 Å². The topological polar surface area (TPSA) is 43.8 Å². The van der Waals surface area contributed by atoms with Crippen LogP contribution in [0.5, 0.6) is 0 Å². The van der Waals surface area contributed by atoms with E-state index in [-0.39, 0.29) is 5.54 Å². The third kappa shape index (κ3) is 3.91. The van der Waals surface area contributed by atoms with Gasteiger partial charge in [0.1, 0.15) is 0 Å². The summed E-state index contributed by atoms with van der Waals surface area (Å²) in [6.07, 6.45) is 2.87. The molecule has 1 heterocycles. The molecule has 15 heavy (non-hydrogen) atoms. The lowest BCUT2D eigenvalue weighted by molar-refractivity contribution is -0.131. The van der Waals surface area contributed by atoms with Crippen molar-refractivity contribution in [1.82, 2.24) is 9.80 Å². The number of aliphatic carboxylic acids is 1. The van der Waals surface area contributed by atoms with Crippen molar-refractivity contribution in [3.63, 3.8) is 0 Å². The average Bonchev–Trinajstić information content (AvgIpc) is 2.14. The zero-order valence-corrected chi connectivity index (χ0v) is 9.73. The summed E-state index contributed by atoms with van der Waals surface area (Å²) < 4.78 is 0. The van der Waals surface area contributed by atoms with Crippen molar-refractivity contribution < 1.29 is 9.90 Å². The highest BCUT2D eigenvalue weighted by molar-refractivity contribution is 5.79. The maximum absolute atomic E-state index is 10.3. The van der Waals surface area contributed by atoms with Gasteiger partial charge >= 0.3 is 5.97 Å². The predicted octanol–water partition coefficient (Wildman–Crippen LogP) is 1.00. The van der Waals surface area contributed by atoms with Crippen LogP contribution in [0.2, 0.25) is 0 Å². The highest BCUT2D eigenvalue weighted by Gasteiger charge is 2.24. The Bertz CT molecular complexity index is 248. The van der Waals surface area contributed by atoms with E-state index in [1.54, 1.807) is 6.20 Å². The summed E-state index contributed by atoms with van der Waals surface area (Å²) in [5, 5.41) is 8.50. The molecule has 1 aliphatic rings. The third-order valence-corrected chi connectivity index (χ3v) is 2.69. The number of carboxylic acid groups (broad SMARTS) is 1. The maximum Gasteiger partial charge on any atom is 0.329 e. The Labute approximate surface area is 91.2 Å². The Kier molecular flexibility index (Phi) is 3.74. The number of piperazine rings is 1. The van der Waals surface area contributed by atoms with Crippen molar-refractivity contribution in [3.8, 4) is 0 Å². The van der Waals surface area contributed by atoms with Crippen molar-refractivity contribution in [2.24, 2.45) is 0 Å². The fourth-order valence-corrected chi connectivity index (χ4v) is 1.71. The molecule has 0 aliphatic carbocycles. The molecule has 0 aromatic carbocycles. The summed E-state index contributed by atoms with van der Waals surface area (Å²) in [4.78, 5) is 14.8. The molecule has 1 rings (SSSR count). The molecular weight excluding hydrogens is 192 g/mol. The molecule has 1 aliphatic heterocycles. The fourth-order valence-electron chi connectivity index (χ4n) is 1.71. The minimum atomic E-state index is -0.881. The highest BCUT2D eigenvalue weighted by atomic mass is 16.4. The Balaban J connectivity index is 2.39. The second-order valence-electron chi connectivity index (χ2n) is 4.85. The van der Waals surface area contributed by atoms with Gasteiger partial charge in [0.15, 0.2) is 0 Å². The zero-order valence-electron chi connectivity index (χ0n) is 9.73. The van der Waals surface area contributed by atoms with E-state index in [0.717, 1.165) is 26.2 Å². The van der Waals surface area contributed by atoms with Crippen molar-refractivity contribution in [2.75, 3.05) is 26.2 Å². The first-order chi connectivity index (χ1) is 6.89. The van der Waals surface area contributed by atoms with Gasteiger partial charge < -0.3 is 10.0 Å². The lowest BCUT2D eigenvalue weighted by Crippen LogP contribution is -2.52. The third-order valence-electron chi connectivity index (χ3n) is 2.69. The molecule has 86 valence electrons. The number of hydrogen-bond donors (Lipinski definition) is 1. The first-order valence-corrected chi connectivity index (χ1v) is 5.30. The van der Waals surface area contributed by atoms with Crippen molar-refractivity contribution in [3.05, 3.63) is 12.3 Å². The molecule has 0 saturated carbocycles. The smallest absolute Gasteiger partial charge is 0.329 e. The molecule has 0 spiro atoms. The van der Waals surface area contributed by atoms with Gasteiger partial charge in [-0.2, -0.15) is 0 Å².